The molecule has 5 nitrogen and oxygen atoms in total. The maximum absolute atomic E-state index is 13.1. The molecule has 2 heterocycles. The zero-order valence-corrected chi connectivity index (χ0v) is 19.5. The predicted molar refractivity (Wildman–Crippen MR) is 138 cm³/mol. The number of rotatable bonds is 7. The molecule has 5 rings (SSSR count). The summed E-state index contributed by atoms with van der Waals surface area (Å²) in [6.07, 6.45) is 0.707. The third-order valence-electron chi connectivity index (χ3n) is 5.78. The highest BCUT2D eigenvalue weighted by Gasteiger charge is 2.19. The van der Waals surface area contributed by atoms with Gasteiger partial charge in [0.15, 0.2) is 0 Å². The molecule has 6 heteroatoms. The van der Waals surface area contributed by atoms with Gasteiger partial charge in [0.1, 0.15) is 11.4 Å². The molecular weight excluding hydrogens is 446 g/mol. The molecule has 0 radical (unpaired) electrons. The van der Waals surface area contributed by atoms with Gasteiger partial charge in [-0.1, -0.05) is 54.1 Å². The normalized spacial score (nSPS) is 11.1. The standard InChI is InChI=1S/C28H24ClN3O2/c1-2-34-25-10-6-4-8-21(25)26-27-22(20-7-3-5-9-23(20)31-27)17-24(32-26)28(33)30-16-15-18-11-13-19(29)14-12-18/h3-14,17,31H,2,15-16H2,1H3,(H,30,33). The molecule has 0 bridgehead atoms. The molecule has 0 spiro atoms. The molecule has 2 aromatic heterocycles. The lowest BCUT2D eigenvalue weighted by atomic mass is 10.1. The number of aromatic amines is 1. The van der Waals surface area contributed by atoms with Gasteiger partial charge in [0.2, 0.25) is 0 Å². The maximum atomic E-state index is 13.1. The number of ether oxygens (including phenoxy) is 1. The van der Waals surface area contributed by atoms with Crippen LogP contribution in [0.2, 0.25) is 5.02 Å². The van der Waals surface area contributed by atoms with Crippen LogP contribution in [-0.2, 0) is 6.42 Å². The van der Waals surface area contributed by atoms with Crippen molar-refractivity contribution in [3.63, 3.8) is 0 Å². The number of fused-ring (bicyclic) bond motifs is 3. The summed E-state index contributed by atoms with van der Waals surface area (Å²) < 4.78 is 5.87. The van der Waals surface area contributed by atoms with E-state index in [0.29, 0.717) is 36.0 Å². The minimum absolute atomic E-state index is 0.212. The van der Waals surface area contributed by atoms with Gasteiger partial charge < -0.3 is 15.0 Å². The zero-order valence-electron chi connectivity index (χ0n) is 18.8. The Bertz CT molecular complexity index is 1470. The zero-order chi connectivity index (χ0) is 23.5. The first-order valence-corrected chi connectivity index (χ1v) is 11.7. The molecule has 2 N–H and O–H groups in total. The summed E-state index contributed by atoms with van der Waals surface area (Å²) in [6.45, 7) is 2.99. The average Bonchev–Trinajstić information content (AvgIpc) is 3.24. The SMILES string of the molecule is CCOc1ccccc1-c1nc(C(=O)NCCc2ccc(Cl)cc2)cc2c1[nH]c1ccccc12. The fourth-order valence-corrected chi connectivity index (χ4v) is 4.29. The van der Waals surface area contributed by atoms with Gasteiger partial charge in [-0.15, -0.1) is 0 Å². The van der Waals surface area contributed by atoms with E-state index in [9.17, 15) is 4.79 Å². The minimum atomic E-state index is -0.212. The number of hydrogen-bond acceptors (Lipinski definition) is 3. The molecule has 0 fully saturated rings. The van der Waals surface area contributed by atoms with Gasteiger partial charge in [-0.2, -0.15) is 0 Å². The van der Waals surface area contributed by atoms with E-state index in [1.54, 1.807) is 0 Å². The van der Waals surface area contributed by atoms with Crippen molar-refractivity contribution in [1.82, 2.24) is 15.3 Å². The molecule has 5 aromatic rings. The van der Waals surface area contributed by atoms with Gasteiger partial charge in [-0.3, -0.25) is 4.79 Å². The Balaban J connectivity index is 1.54. The van der Waals surface area contributed by atoms with Crippen molar-refractivity contribution in [3.8, 4) is 17.0 Å². The second-order valence-electron chi connectivity index (χ2n) is 8.01. The second kappa shape index (κ2) is 9.57. The van der Waals surface area contributed by atoms with Crippen LogP contribution in [0.15, 0.2) is 78.9 Å². The van der Waals surface area contributed by atoms with Crippen LogP contribution in [0.1, 0.15) is 23.0 Å². The second-order valence-corrected chi connectivity index (χ2v) is 8.45. The molecular formula is C28H24ClN3O2. The van der Waals surface area contributed by atoms with E-state index in [1.807, 2.05) is 79.7 Å². The van der Waals surface area contributed by atoms with Crippen molar-refractivity contribution >= 4 is 39.3 Å². The number of carbonyl (C=O) groups excluding carboxylic acids is 1. The fourth-order valence-electron chi connectivity index (χ4n) is 4.16. The Labute approximate surface area is 202 Å². The number of carbonyl (C=O) groups is 1. The number of aromatic nitrogens is 2. The van der Waals surface area contributed by atoms with Gasteiger partial charge >= 0.3 is 0 Å². The van der Waals surface area contributed by atoms with Gasteiger partial charge in [0.25, 0.3) is 5.91 Å². The van der Waals surface area contributed by atoms with Gasteiger partial charge in [-0.25, -0.2) is 4.98 Å². The van der Waals surface area contributed by atoms with Crippen LogP contribution in [0, 0.1) is 0 Å². The van der Waals surface area contributed by atoms with Crippen molar-refractivity contribution in [2.24, 2.45) is 0 Å². The average molecular weight is 470 g/mol. The van der Waals surface area contributed by atoms with Crippen LogP contribution in [-0.4, -0.2) is 29.0 Å². The summed E-state index contributed by atoms with van der Waals surface area (Å²) in [6, 6.07) is 25.3. The number of pyridine rings is 1. The third-order valence-corrected chi connectivity index (χ3v) is 6.04. The predicted octanol–water partition coefficient (Wildman–Crippen LogP) is 6.41. The van der Waals surface area contributed by atoms with E-state index in [-0.39, 0.29) is 5.91 Å². The lowest BCUT2D eigenvalue weighted by molar-refractivity contribution is 0.0949. The maximum Gasteiger partial charge on any atom is 0.269 e. The quantitative estimate of drug-likeness (QED) is 0.289. The van der Waals surface area contributed by atoms with Crippen molar-refractivity contribution < 1.29 is 9.53 Å². The number of hydrogen-bond donors (Lipinski definition) is 2. The van der Waals surface area contributed by atoms with Crippen LogP contribution >= 0.6 is 11.6 Å². The number of benzene rings is 3. The third kappa shape index (κ3) is 4.35. The van der Waals surface area contributed by atoms with E-state index in [0.717, 1.165) is 38.7 Å². The molecule has 0 saturated carbocycles. The first-order chi connectivity index (χ1) is 16.6. The lowest BCUT2D eigenvalue weighted by Crippen LogP contribution is -2.26. The van der Waals surface area contributed by atoms with Crippen molar-refractivity contribution in [2.45, 2.75) is 13.3 Å². The van der Waals surface area contributed by atoms with Crippen molar-refractivity contribution in [1.29, 1.82) is 0 Å². The van der Waals surface area contributed by atoms with Crippen LogP contribution in [0.5, 0.6) is 5.75 Å². The Morgan fingerprint density at radius 2 is 1.76 bits per heavy atom. The fraction of sp³-hybridized carbons (Fsp3) is 0.143. The molecule has 170 valence electrons. The number of H-pyrrole nitrogens is 1. The molecule has 1 amide bonds. The summed E-state index contributed by atoms with van der Waals surface area (Å²) in [7, 11) is 0. The Morgan fingerprint density at radius 3 is 2.59 bits per heavy atom. The van der Waals surface area contributed by atoms with Crippen LogP contribution < -0.4 is 10.1 Å². The molecule has 34 heavy (non-hydrogen) atoms. The summed E-state index contributed by atoms with van der Waals surface area (Å²) in [5, 5.41) is 5.71. The Kier molecular flexibility index (Phi) is 6.19. The molecule has 0 aliphatic heterocycles. The van der Waals surface area contributed by atoms with E-state index < -0.39 is 0 Å². The van der Waals surface area contributed by atoms with Crippen molar-refractivity contribution in [2.75, 3.05) is 13.2 Å². The van der Waals surface area contributed by atoms with Crippen molar-refractivity contribution in [3.05, 3.63) is 95.1 Å². The summed E-state index contributed by atoms with van der Waals surface area (Å²) in [5.41, 5.74) is 4.89. The number of nitrogens with zero attached hydrogens (tertiary/aromatic N) is 1. The largest absolute Gasteiger partial charge is 0.493 e. The molecule has 0 saturated heterocycles. The van der Waals surface area contributed by atoms with E-state index >= 15 is 0 Å². The summed E-state index contributed by atoms with van der Waals surface area (Å²) in [4.78, 5) is 21.4. The van der Waals surface area contributed by atoms with Gasteiger partial charge in [0, 0.05) is 33.4 Å². The number of amides is 1. The van der Waals surface area contributed by atoms with Gasteiger partial charge in [0.05, 0.1) is 17.8 Å². The first-order valence-electron chi connectivity index (χ1n) is 11.3. The Morgan fingerprint density at radius 1 is 1.00 bits per heavy atom. The smallest absolute Gasteiger partial charge is 0.269 e. The van der Waals surface area contributed by atoms with E-state index in [1.165, 1.54) is 0 Å². The van der Waals surface area contributed by atoms with E-state index in [2.05, 4.69) is 16.4 Å². The summed E-state index contributed by atoms with van der Waals surface area (Å²) in [5.74, 6) is 0.522. The minimum Gasteiger partial charge on any atom is -0.493 e. The topological polar surface area (TPSA) is 67.0 Å². The highest BCUT2D eigenvalue weighted by Crippen LogP contribution is 2.36. The highest BCUT2D eigenvalue weighted by molar-refractivity contribution is 6.30. The molecule has 0 atom stereocenters. The first kappa shape index (κ1) is 22.0. The Hall–Kier alpha value is -3.83. The lowest BCUT2D eigenvalue weighted by Gasteiger charge is -2.12. The monoisotopic (exact) mass is 469 g/mol. The number of halogens is 1. The number of para-hydroxylation sites is 2. The molecule has 0 unspecified atom stereocenters. The van der Waals surface area contributed by atoms with Crippen LogP contribution in [0.25, 0.3) is 33.1 Å². The van der Waals surface area contributed by atoms with E-state index in [4.69, 9.17) is 21.3 Å². The molecule has 0 aliphatic rings. The number of nitrogens with one attached hydrogen (secondary N) is 2. The van der Waals surface area contributed by atoms with Gasteiger partial charge in [-0.05, 0) is 55.3 Å². The molecule has 3 aromatic carbocycles. The van der Waals surface area contributed by atoms with Crippen LogP contribution in [0.4, 0.5) is 0 Å². The highest BCUT2D eigenvalue weighted by atomic mass is 35.5. The van der Waals surface area contributed by atoms with Crippen LogP contribution in [0.3, 0.4) is 0 Å². The molecule has 0 aliphatic carbocycles. The summed E-state index contributed by atoms with van der Waals surface area (Å²) >= 11 is 5.96.